The molecule has 0 bridgehead atoms. The van der Waals surface area contributed by atoms with Gasteiger partial charge < -0.3 is 14.4 Å². The predicted octanol–water partition coefficient (Wildman–Crippen LogP) is 1.49. The van der Waals surface area contributed by atoms with Crippen LogP contribution in [0.25, 0.3) is 0 Å². The molecule has 1 amide bonds. The zero-order valence-electron chi connectivity index (χ0n) is 10.8. The average molecular weight is 302 g/mol. The van der Waals surface area contributed by atoms with Crippen molar-refractivity contribution >= 4 is 23.5 Å². The third kappa shape index (κ3) is 2.76. The van der Waals surface area contributed by atoms with E-state index in [0.717, 1.165) is 0 Å². The van der Waals surface area contributed by atoms with Crippen LogP contribution in [0, 0.1) is 5.82 Å². The summed E-state index contributed by atoms with van der Waals surface area (Å²) in [4.78, 5) is 25.3. The van der Waals surface area contributed by atoms with Crippen molar-refractivity contribution in [2.75, 3.05) is 26.9 Å². The van der Waals surface area contributed by atoms with Crippen molar-refractivity contribution in [3.63, 3.8) is 0 Å². The molecule has 0 N–H and O–H groups in total. The van der Waals surface area contributed by atoms with E-state index in [4.69, 9.17) is 16.3 Å². The first-order valence-corrected chi connectivity index (χ1v) is 6.34. The van der Waals surface area contributed by atoms with E-state index in [1.165, 1.54) is 30.2 Å². The van der Waals surface area contributed by atoms with Gasteiger partial charge in [0.25, 0.3) is 5.91 Å². The van der Waals surface area contributed by atoms with Gasteiger partial charge in [-0.2, -0.15) is 0 Å². The lowest BCUT2D eigenvalue weighted by Crippen LogP contribution is -2.53. The Balaban J connectivity index is 2.30. The second-order valence-electron chi connectivity index (χ2n) is 4.21. The summed E-state index contributed by atoms with van der Waals surface area (Å²) in [6, 6.07) is 3.28. The Kier molecular flexibility index (Phi) is 4.57. The lowest BCUT2D eigenvalue weighted by Gasteiger charge is -2.33. The Bertz CT molecular complexity index is 537. The zero-order chi connectivity index (χ0) is 14.7. The van der Waals surface area contributed by atoms with Crippen LogP contribution < -0.4 is 0 Å². The van der Waals surface area contributed by atoms with Crippen LogP contribution >= 0.6 is 11.6 Å². The molecule has 1 atom stereocenters. The van der Waals surface area contributed by atoms with Crippen LogP contribution in [0.15, 0.2) is 18.2 Å². The molecule has 1 aliphatic rings. The van der Waals surface area contributed by atoms with E-state index in [1.54, 1.807) is 0 Å². The number of carbonyl (C=O) groups is 2. The van der Waals surface area contributed by atoms with Crippen molar-refractivity contribution in [3.8, 4) is 0 Å². The summed E-state index contributed by atoms with van der Waals surface area (Å²) in [6.45, 7) is 0.493. The van der Waals surface area contributed by atoms with Crippen LogP contribution in [0.4, 0.5) is 4.39 Å². The van der Waals surface area contributed by atoms with Crippen LogP contribution in [0.2, 0.25) is 5.02 Å². The maximum Gasteiger partial charge on any atom is 0.331 e. The summed E-state index contributed by atoms with van der Waals surface area (Å²) in [7, 11) is 1.22. The molecule has 0 saturated carbocycles. The molecular formula is C13H13ClFNO4. The van der Waals surface area contributed by atoms with E-state index in [0.29, 0.717) is 0 Å². The number of morpholine rings is 1. The quantitative estimate of drug-likeness (QED) is 0.777. The molecule has 20 heavy (non-hydrogen) atoms. The molecule has 108 valence electrons. The van der Waals surface area contributed by atoms with Gasteiger partial charge in [-0.25, -0.2) is 9.18 Å². The highest BCUT2D eigenvalue weighted by Gasteiger charge is 2.35. The molecule has 1 unspecified atom stereocenters. The molecule has 0 aromatic heterocycles. The topological polar surface area (TPSA) is 55.8 Å². The third-order valence-electron chi connectivity index (χ3n) is 3.04. The van der Waals surface area contributed by atoms with E-state index in [1.807, 2.05) is 0 Å². The largest absolute Gasteiger partial charge is 0.467 e. The normalized spacial score (nSPS) is 18.8. The fourth-order valence-corrected chi connectivity index (χ4v) is 2.18. The molecule has 5 nitrogen and oxygen atoms in total. The van der Waals surface area contributed by atoms with Crippen molar-refractivity contribution in [1.29, 1.82) is 0 Å². The molecule has 0 radical (unpaired) electrons. The first-order valence-electron chi connectivity index (χ1n) is 5.96. The molecule has 1 aromatic carbocycles. The minimum atomic E-state index is -0.875. The first kappa shape index (κ1) is 14.7. The second-order valence-corrected chi connectivity index (χ2v) is 4.62. The van der Waals surface area contributed by atoms with Gasteiger partial charge in [-0.3, -0.25) is 4.79 Å². The number of nitrogens with zero attached hydrogens (tertiary/aromatic N) is 1. The van der Waals surface area contributed by atoms with Crippen LogP contribution in [-0.4, -0.2) is 49.7 Å². The number of ether oxygens (including phenoxy) is 2. The Labute approximate surface area is 120 Å². The van der Waals surface area contributed by atoms with Gasteiger partial charge in [-0.1, -0.05) is 17.7 Å². The zero-order valence-corrected chi connectivity index (χ0v) is 11.5. The van der Waals surface area contributed by atoms with E-state index in [2.05, 4.69) is 4.74 Å². The van der Waals surface area contributed by atoms with E-state index < -0.39 is 23.7 Å². The molecule has 1 aromatic rings. The lowest BCUT2D eigenvalue weighted by molar-refractivity contribution is -0.151. The molecule has 1 fully saturated rings. The van der Waals surface area contributed by atoms with Crippen molar-refractivity contribution in [2.45, 2.75) is 6.04 Å². The van der Waals surface area contributed by atoms with Crippen molar-refractivity contribution in [1.82, 2.24) is 4.90 Å². The van der Waals surface area contributed by atoms with Crippen LogP contribution in [0.3, 0.4) is 0 Å². The third-order valence-corrected chi connectivity index (χ3v) is 3.34. The number of methoxy groups -OCH3 is 1. The van der Waals surface area contributed by atoms with Gasteiger partial charge in [-0.05, 0) is 12.1 Å². The Morgan fingerprint density at radius 3 is 2.95 bits per heavy atom. The number of benzene rings is 1. The molecule has 1 saturated heterocycles. The van der Waals surface area contributed by atoms with E-state index in [-0.39, 0.29) is 30.3 Å². The van der Waals surface area contributed by atoms with Crippen molar-refractivity contribution < 1.29 is 23.5 Å². The highest BCUT2D eigenvalue weighted by molar-refractivity contribution is 6.31. The number of carbonyl (C=O) groups excluding carboxylic acids is 2. The van der Waals surface area contributed by atoms with E-state index in [9.17, 15) is 14.0 Å². The van der Waals surface area contributed by atoms with Gasteiger partial charge in [0.1, 0.15) is 0 Å². The van der Waals surface area contributed by atoms with Gasteiger partial charge >= 0.3 is 5.97 Å². The number of rotatable bonds is 2. The molecular weight excluding hydrogens is 289 g/mol. The van der Waals surface area contributed by atoms with Gasteiger partial charge in [0, 0.05) is 6.54 Å². The molecule has 0 aliphatic carbocycles. The van der Waals surface area contributed by atoms with Gasteiger partial charge in [0.2, 0.25) is 0 Å². The Morgan fingerprint density at radius 2 is 2.25 bits per heavy atom. The Morgan fingerprint density at radius 1 is 1.50 bits per heavy atom. The molecule has 1 heterocycles. The number of hydrogen-bond donors (Lipinski definition) is 0. The summed E-state index contributed by atoms with van der Waals surface area (Å²) < 4.78 is 23.7. The summed E-state index contributed by atoms with van der Waals surface area (Å²) in [5.74, 6) is -2.00. The van der Waals surface area contributed by atoms with Crippen molar-refractivity contribution in [2.24, 2.45) is 0 Å². The number of halogens is 2. The van der Waals surface area contributed by atoms with Gasteiger partial charge in [0.15, 0.2) is 11.9 Å². The predicted molar refractivity (Wildman–Crippen MR) is 69.1 cm³/mol. The summed E-state index contributed by atoms with van der Waals surface area (Å²) in [6.07, 6.45) is 0. The van der Waals surface area contributed by atoms with Crippen LogP contribution in [0.1, 0.15) is 10.4 Å². The van der Waals surface area contributed by atoms with Crippen LogP contribution in [0.5, 0.6) is 0 Å². The maximum atomic E-state index is 13.9. The second kappa shape index (κ2) is 6.19. The fourth-order valence-electron chi connectivity index (χ4n) is 2.00. The highest BCUT2D eigenvalue weighted by Crippen LogP contribution is 2.21. The summed E-state index contributed by atoms with van der Waals surface area (Å²) >= 11 is 5.66. The first-order chi connectivity index (χ1) is 9.56. The summed E-state index contributed by atoms with van der Waals surface area (Å²) in [5.41, 5.74) is -0.173. The smallest absolute Gasteiger partial charge is 0.331 e. The van der Waals surface area contributed by atoms with E-state index >= 15 is 0 Å². The number of hydrogen-bond acceptors (Lipinski definition) is 4. The molecule has 1 aliphatic heterocycles. The lowest BCUT2D eigenvalue weighted by atomic mass is 10.1. The Hall–Kier alpha value is -1.66. The molecule has 0 spiro atoms. The minimum Gasteiger partial charge on any atom is -0.467 e. The van der Waals surface area contributed by atoms with Crippen LogP contribution in [-0.2, 0) is 14.3 Å². The average Bonchev–Trinajstić information content (AvgIpc) is 2.48. The highest BCUT2D eigenvalue weighted by atomic mass is 35.5. The standard InChI is InChI=1S/C13H13ClFNO4/c1-19-13(18)10-7-20-6-5-16(10)12(17)8-3-2-4-9(14)11(8)15/h2-4,10H,5-7H2,1H3. The summed E-state index contributed by atoms with van der Waals surface area (Å²) in [5, 5.41) is -0.140. The number of amides is 1. The molecule has 2 rings (SSSR count). The van der Waals surface area contributed by atoms with Gasteiger partial charge in [0.05, 0.1) is 30.9 Å². The van der Waals surface area contributed by atoms with Crippen molar-refractivity contribution in [3.05, 3.63) is 34.6 Å². The maximum absolute atomic E-state index is 13.9. The minimum absolute atomic E-state index is 0.0284. The SMILES string of the molecule is COC(=O)C1COCCN1C(=O)c1cccc(Cl)c1F. The molecule has 7 heteroatoms. The van der Waals surface area contributed by atoms with Gasteiger partial charge in [-0.15, -0.1) is 0 Å². The fraction of sp³-hybridized carbons (Fsp3) is 0.385. The number of esters is 1. The monoisotopic (exact) mass is 301 g/mol.